The molecule has 1 aromatic carbocycles. The zero-order chi connectivity index (χ0) is 14.2. The van der Waals surface area contributed by atoms with E-state index in [0.717, 1.165) is 6.07 Å². The van der Waals surface area contributed by atoms with Crippen LogP contribution in [0.5, 0.6) is 0 Å². The molecule has 8 heteroatoms. The fraction of sp³-hybridized carbons (Fsp3) is 0.364. The summed E-state index contributed by atoms with van der Waals surface area (Å²) >= 11 is 0. The first-order valence-electron chi connectivity index (χ1n) is 5.66. The van der Waals surface area contributed by atoms with Crippen molar-refractivity contribution < 1.29 is 17.9 Å². The van der Waals surface area contributed by atoms with Crippen molar-refractivity contribution in [3.05, 3.63) is 34.4 Å². The predicted molar refractivity (Wildman–Crippen MR) is 68.7 cm³/mol. The van der Waals surface area contributed by atoms with Gasteiger partial charge in [0.15, 0.2) is 0 Å². The Labute approximate surface area is 111 Å². The molecule has 1 aliphatic heterocycles. The maximum absolute atomic E-state index is 12.4. The number of sulfonamides is 1. The topological polar surface area (TPSA) is 83.5 Å². The van der Waals surface area contributed by atoms with Gasteiger partial charge < -0.3 is 0 Å². The lowest BCUT2D eigenvalue weighted by molar-refractivity contribution is -0.486. The van der Waals surface area contributed by atoms with E-state index in [9.17, 15) is 18.5 Å². The molecular weight excluding hydrogens is 270 g/mol. The minimum atomic E-state index is -3.73. The molecule has 1 aliphatic rings. The smallest absolute Gasteiger partial charge is 0.264 e. The first kappa shape index (κ1) is 13.5. The van der Waals surface area contributed by atoms with Crippen molar-refractivity contribution in [2.75, 3.05) is 20.1 Å². The summed E-state index contributed by atoms with van der Waals surface area (Å²) in [6.07, 6.45) is 0. The number of nitro benzene ring substituents is 1. The van der Waals surface area contributed by atoms with Gasteiger partial charge >= 0.3 is 10.0 Å². The molecule has 7 nitrogen and oxygen atoms in total. The molecule has 0 saturated carbocycles. The number of hydrogen-bond acceptors (Lipinski definition) is 4. The fourth-order valence-corrected chi connectivity index (χ4v) is 3.52. The Hall–Kier alpha value is -1.96. The van der Waals surface area contributed by atoms with Gasteiger partial charge in [-0.1, -0.05) is 6.07 Å². The molecule has 1 aromatic rings. The summed E-state index contributed by atoms with van der Waals surface area (Å²) in [5.74, 6) is 0.617. The molecule has 0 aliphatic carbocycles. The van der Waals surface area contributed by atoms with Gasteiger partial charge in [-0.15, -0.1) is 4.31 Å². The van der Waals surface area contributed by atoms with E-state index in [0.29, 0.717) is 18.9 Å². The molecule has 0 atom stereocenters. The zero-order valence-corrected chi connectivity index (χ0v) is 11.4. The van der Waals surface area contributed by atoms with Crippen LogP contribution < -0.4 is 0 Å². The summed E-state index contributed by atoms with van der Waals surface area (Å²) in [5, 5.41) is 10.7. The number of hydrogen-bond donors (Lipinski definition) is 0. The summed E-state index contributed by atoms with van der Waals surface area (Å²) in [7, 11) is -1.92. The number of nitrogens with zero attached hydrogens (tertiary/aromatic N) is 3. The summed E-state index contributed by atoms with van der Waals surface area (Å²) in [5.41, 5.74) is -0.230. The lowest BCUT2D eigenvalue weighted by atomic mass is 10.3. The van der Waals surface area contributed by atoms with Gasteiger partial charge in [0.05, 0.1) is 12.0 Å². The first-order valence-corrected chi connectivity index (χ1v) is 7.10. The van der Waals surface area contributed by atoms with Gasteiger partial charge in [-0.05, 0) is 6.07 Å². The number of benzene rings is 1. The van der Waals surface area contributed by atoms with Crippen molar-refractivity contribution in [2.45, 2.75) is 11.8 Å². The van der Waals surface area contributed by atoms with Crippen molar-refractivity contribution in [1.29, 1.82) is 0 Å². The Morgan fingerprint density at radius 2 is 2.11 bits per heavy atom. The normalized spacial score (nSPS) is 16.0. The molecule has 0 unspecified atom stereocenters. The second-order valence-electron chi connectivity index (χ2n) is 4.30. The van der Waals surface area contributed by atoms with Crippen LogP contribution in [0, 0.1) is 10.1 Å². The van der Waals surface area contributed by atoms with Crippen molar-refractivity contribution in [2.24, 2.45) is 0 Å². The third-order valence-corrected chi connectivity index (χ3v) is 5.05. The van der Waals surface area contributed by atoms with Crippen LogP contribution in [0.15, 0.2) is 29.2 Å². The molecule has 0 N–H and O–H groups in total. The van der Waals surface area contributed by atoms with Crippen LogP contribution in [0.1, 0.15) is 6.92 Å². The highest BCUT2D eigenvalue weighted by Crippen LogP contribution is 2.22. The van der Waals surface area contributed by atoms with Crippen molar-refractivity contribution in [3.63, 3.8) is 0 Å². The van der Waals surface area contributed by atoms with E-state index in [1.54, 1.807) is 14.0 Å². The predicted octanol–water partition coefficient (Wildman–Crippen LogP) is 0.660. The Balaban J connectivity index is 2.46. The molecule has 19 heavy (non-hydrogen) atoms. The monoisotopic (exact) mass is 284 g/mol. The van der Waals surface area contributed by atoms with E-state index >= 15 is 0 Å². The molecule has 0 bridgehead atoms. The highest BCUT2D eigenvalue weighted by molar-refractivity contribution is 7.89. The molecule has 102 valence electrons. The SMILES string of the molecule is CC1=[N+](C)CCN1S(=O)(=O)c1cccc([N+](=O)[O-])c1. The van der Waals surface area contributed by atoms with Crippen LogP contribution in [0.3, 0.4) is 0 Å². The number of nitro groups is 1. The molecule has 2 rings (SSSR count). The van der Waals surface area contributed by atoms with Gasteiger partial charge in [0.1, 0.15) is 18.0 Å². The molecule has 1 heterocycles. The highest BCUT2D eigenvalue weighted by Gasteiger charge is 2.37. The number of likely N-dealkylation sites (N-methyl/N-ethyl adjacent to an activating group) is 1. The van der Waals surface area contributed by atoms with Crippen LogP contribution in [0.25, 0.3) is 0 Å². The van der Waals surface area contributed by atoms with Crippen LogP contribution in [0.2, 0.25) is 0 Å². The average Bonchev–Trinajstić information content (AvgIpc) is 2.70. The van der Waals surface area contributed by atoms with Gasteiger partial charge in [-0.3, -0.25) is 14.7 Å². The fourth-order valence-electron chi connectivity index (χ4n) is 1.93. The lowest BCUT2D eigenvalue weighted by Gasteiger charge is -2.10. The standard InChI is InChI=1S/C11H14N3O4S/c1-9-12(2)6-7-13(9)19(17,18)11-5-3-4-10(8-11)14(15)16/h3-5,8H,6-7H2,1-2H3/q+1. The minimum absolute atomic E-state index is 0.0589. The summed E-state index contributed by atoms with van der Waals surface area (Å²) in [6.45, 7) is 2.68. The summed E-state index contributed by atoms with van der Waals surface area (Å²) in [6, 6.07) is 5.10. The van der Waals surface area contributed by atoms with Crippen LogP contribution in [-0.2, 0) is 10.0 Å². The minimum Gasteiger partial charge on any atom is -0.264 e. The molecular formula is C11H14N3O4S+. The Morgan fingerprint density at radius 1 is 1.42 bits per heavy atom. The van der Waals surface area contributed by atoms with E-state index < -0.39 is 14.9 Å². The van der Waals surface area contributed by atoms with Crippen LogP contribution in [0.4, 0.5) is 5.69 Å². The maximum atomic E-state index is 12.4. The van der Waals surface area contributed by atoms with Gasteiger partial charge in [0.25, 0.3) is 11.5 Å². The molecule has 0 amide bonds. The third kappa shape index (κ3) is 2.30. The second kappa shape index (κ2) is 4.61. The number of non-ortho nitro benzene ring substituents is 1. The van der Waals surface area contributed by atoms with Crippen molar-refractivity contribution >= 4 is 21.5 Å². The third-order valence-electron chi connectivity index (χ3n) is 3.17. The quantitative estimate of drug-likeness (QED) is 0.464. The van der Waals surface area contributed by atoms with Crippen molar-refractivity contribution in [3.8, 4) is 0 Å². The summed E-state index contributed by atoms with van der Waals surface area (Å²) < 4.78 is 27.9. The molecule has 0 aromatic heterocycles. The van der Waals surface area contributed by atoms with E-state index in [1.165, 1.54) is 22.5 Å². The van der Waals surface area contributed by atoms with Gasteiger partial charge in [-0.2, -0.15) is 8.42 Å². The van der Waals surface area contributed by atoms with E-state index in [-0.39, 0.29) is 10.6 Å². The summed E-state index contributed by atoms with van der Waals surface area (Å²) in [4.78, 5) is 10.0. The zero-order valence-electron chi connectivity index (χ0n) is 10.6. The molecule has 0 radical (unpaired) electrons. The van der Waals surface area contributed by atoms with Gasteiger partial charge in [0.2, 0.25) is 0 Å². The van der Waals surface area contributed by atoms with E-state index in [4.69, 9.17) is 0 Å². The van der Waals surface area contributed by atoms with Gasteiger partial charge in [-0.25, -0.2) is 0 Å². The number of amidine groups is 1. The van der Waals surface area contributed by atoms with Crippen LogP contribution in [-0.4, -0.2) is 48.2 Å². The Morgan fingerprint density at radius 3 is 2.63 bits per heavy atom. The van der Waals surface area contributed by atoms with Crippen molar-refractivity contribution in [1.82, 2.24) is 4.31 Å². The molecule has 0 spiro atoms. The Bertz CT molecular complexity index is 666. The number of rotatable bonds is 3. The average molecular weight is 284 g/mol. The Kier molecular flexibility index (Phi) is 3.27. The highest BCUT2D eigenvalue weighted by atomic mass is 32.2. The second-order valence-corrected chi connectivity index (χ2v) is 6.16. The lowest BCUT2D eigenvalue weighted by Crippen LogP contribution is -2.33. The van der Waals surface area contributed by atoms with E-state index in [2.05, 4.69) is 0 Å². The molecule has 0 fully saturated rings. The van der Waals surface area contributed by atoms with E-state index in [1.807, 2.05) is 4.58 Å². The first-order chi connectivity index (χ1) is 8.84. The molecule has 0 saturated heterocycles. The van der Waals surface area contributed by atoms with Crippen LogP contribution >= 0.6 is 0 Å². The largest absolute Gasteiger partial charge is 0.331 e. The maximum Gasteiger partial charge on any atom is 0.331 e. The van der Waals surface area contributed by atoms with Gasteiger partial charge in [0, 0.05) is 19.1 Å².